The zero-order valence-electron chi connectivity index (χ0n) is 9.16. The maximum absolute atomic E-state index is 8.98. The van der Waals surface area contributed by atoms with E-state index in [1.54, 1.807) is 5.57 Å². The summed E-state index contributed by atoms with van der Waals surface area (Å²) in [7, 11) is 0. The average Bonchev–Trinajstić information content (AvgIpc) is 2.75. The molecule has 0 aromatic heterocycles. The van der Waals surface area contributed by atoms with Crippen LogP contribution in [0.25, 0.3) is 0 Å². The zero-order chi connectivity index (χ0) is 10.1. The normalized spacial score (nSPS) is 39.8. The molecule has 2 bridgehead atoms. The van der Waals surface area contributed by atoms with E-state index in [9.17, 15) is 0 Å². The Balaban J connectivity index is 2.03. The summed E-state index contributed by atoms with van der Waals surface area (Å²) in [5.74, 6) is 2.47. The van der Waals surface area contributed by atoms with Gasteiger partial charge >= 0.3 is 0 Å². The van der Waals surface area contributed by atoms with Gasteiger partial charge < -0.3 is 5.11 Å². The van der Waals surface area contributed by atoms with Crippen LogP contribution in [-0.4, -0.2) is 11.7 Å². The Morgan fingerprint density at radius 1 is 1.50 bits per heavy atom. The average molecular weight is 192 g/mol. The van der Waals surface area contributed by atoms with Crippen LogP contribution < -0.4 is 0 Å². The lowest BCUT2D eigenvalue weighted by molar-refractivity contribution is 0.328. The molecule has 2 aliphatic carbocycles. The van der Waals surface area contributed by atoms with Gasteiger partial charge in [-0.25, -0.2) is 0 Å². The van der Waals surface area contributed by atoms with Crippen molar-refractivity contribution >= 4 is 0 Å². The standard InChI is InChI=1S/C13H20O/c1-3-10-5-13-7-12(10)6-11(13)4-9(2)8-14/h3-4,11-14H,5-8H2,1-2H3/b9-4+,10-3-/t11?,12-,13-/m1/s1. The van der Waals surface area contributed by atoms with Gasteiger partial charge in [-0.15, -0.1) is 0 Å². The lowest BCUT2D eigenvalue weighted by Crippen LogP contribution is -2.10. The van der Waals surface area contributed by atoms with Crippen molar-refractivity contribution in [2.75, 3.05) is 6.61 Å². The van der Waals surface area contributed by atoms with Crippen molar-refractivity contribution in [3.63, 3.8) is 0 Å². The van der Waals surface area contributed by atoms with E-state index in [1.807, 2.05) is 6.92 Å². The molecule has 0 amide bonds. The van der Waals surface area contributed by atoms with Gasteiger partial charge in [0.2, 0.25) is 0 Å². The topological polar surface area (TPSA) is 20.2 Å². The van der Waals surface area contributed by atoms with E-state index < -0.39 is 0 Å². The van der Waals surface area contributed by atoms with Crippen LogP contribution in [-0.2, 0) is 0 Å². The Morgan fingerprint density at radius 2 is 2.29 bits per heavy atom. The second-order valence-corrected chi connectivity index (χ2v) is 4.83. The van der Waals surface area contributed by atoms with Gasteiger partial charge in [0.15, 0.2) is 0 Å². The van der Waals surface area contributed by atoms with Crippen LogP contribution in [0, 0.1) is 17.8 Å². The Bertz CT molecular complexity index is 275. The molecule has 0 aromatic carbocycles. The summed E-state index contributed by atoms with van der Waals surface area (Å²) in [6.45, 7) is 4.42. The Labute approximate surface area is 86.5 Å². The van der Waals surface area contributed by atoms with Gasteiger partial charge in [-0.05, 0) is 50.9 Å². The van der Waals surface area contributed by atoms with E-state index >= 15 is 0 Å². The first-order valence-electron chi connectivity index (χ1n) is 5.67. The number of allylic oxidation sites excluding steroid dienone is 3. The van der Waals surface area contributed by atoms with Crippen molar-refractivity contribution in [1.82, 2.24) is 0 Å². The van der Waals surface area contributed by atoms with Crippen molar-refractivity contribution in [2.45, 2.75) is 33.1 Å². The molecule has 2 rings (SSSR count). The largest absolute Gasteiger partial charge is 0.392 e. The molecule has 78 valence electrons. The second kappa shape index (κ2) is 3.90. The molecule has 2 aliphatic rings. The van der Waals surface area contributed by atoms with E-state index in [0.717, 1.165) is 23.3 Å². The van der Waals surface area contributed by atoms with Crippen LogP contribution in [0.1, 0.15) is 33.1 Å². The summed E-state index contributed by atoms with van der Waals surface area (Å²) in [5.41, 5.74) is 2.82. The molecule has 1 unspecified atom stereocenters. The number of fused-ring (bicyclic) bond motifs is 2. The maximum atomic E-state index is 8.98. The molecule has 0 radical (unpaired) electrons. The fourth-order valence-electron chi connectivity index (χ4n) is 3.14. The molecule has 0 saturated heterocycles. The second-order valence-electron chi connectivity index (χ2n) is 4.83. The third-order valence-corrected chi connectivity index (χ3v) is 3.89. The third kappa shape index (κ3) is 1.66. The number of hydrogen-bond acceptors (Lipinski definition) is 1. The van der Waals surface area contributed by atoms with Gasteiger partial charge in [0, 0.05) is 0 Å². The number of aliphatic hydroxyl groups is 1. The monoisotopic (exact) mass is 192 g/mol. The van der Waals surface area contributed by atoms with Gasteiger partial charge in [0.05, 0.1) is 6.61 Å². The summed E-state index contributed by atoms with van der Waals surface area (Å²) in [6, 6.07) is 0. The highest BCUT2D eigenvalue weighted by Crippen LogP contribution is 2.52. The molecular weight excluding hydrogens is 172 g/mol. The van der Waals surface area contributed by atoms with Crippen LogP contribution in [0.15, 0.2) is 23.3 Å². The SMILES string of the molecule is C/C=C1/C[C@@H]2C[C@H]1CC2/C=C(\C)CO. The summed E-state index contributed by atoms with van der Waals surface area (Å²) in [4.78, 5) is 0. The van der Waals surface area contributed by atoms with Crippen molar-refractivity contribution in [2.24, 2.45) is 17.8 Å². The first-order chi connectivity index (χ1) is 6.74. The molecule has 3 atom stereocenters. The van der Waals surface area contributed by atoms with Gasteiger partial charge in [-0.3, -0.25) is 0 Å². The van der Waals surface area contributed by atoms with E-state index in [4.69, 9.17) is 5.11 Å². The quantitative estimate of drug-likeness (QED) is 0.667. The van der Waals surface area contributed by atoms with Crippen LogP contribution in [0.2, 0.25) is 0 Å². The van der Waals surface area contributed by atoms with E-state index in [-0.39, 0.29) is 6.61 Å². The first-order valence-corrected chi connectivity index (χ1v) is 5.67. The molecule has 0 spiro atoms. The molecular formula is C13H20O. The number of rotatable bonds is 2. The minimum absolute atomic E-state index is 0.227. The molecule has 1 N–H and O–H groups in total. The van der Waals surface area contributed by atoms with Gasteiger partial charge in [0.25, 0.3) is 0 Å². The summed E-state index contributed by atoms with van der Waals surface area (Å²) in [6.07, 6.45) is 8.63. The number of aliphatic hydroxyl groups excluding tert-OH is 1. The fourth-order valence-corrected chi connectivity index (χ4v) is 3.14. The zero-order valence-corrected chi connectivity index (χ0v) is 9.16. The van der Waals surface area contributed by atoms with E-state index in [1.165, 1.54) is 19.3 Å². The lowest BCUT2D eigenvalue weighted by Gasteiger charge is -2.21. The maximum Gasteiger partial charge on any atom is 0.0639 e. The smallest absolute Gasteiger partial charge is 0.0639 e. The molecule has 0 aliphatic heterocycles. The summed E-state index contributed by atoms with van der Waals surface area (Å²) in [5, 5.41) is 8.98. The van der Waals surface area contributed by atoms with Crippen LogP contribution in [0.3, 0.4) is 0 Å². The predicted molar refractivity (Wildman–Crippen MR) is 58.9 cm³/mol. The van der Waals surface area contributed by atoms with Crippen LogP contribution in [0.5, 0.6) is 0 Å². The predicted octanol–water partition coefficient (Wildman–Crippen LogP) is 2.92. The molecule has 0 aromatic rings. The van der Waals surface area contributed by atoms with Gasteiger partial charge in [0.1, 0.15) is 0 Å². The highest BCUT2D eigenvalue weighted by atomic mass is 16.3. The van der Waals surface area contributed by atoms with Gasteiger partial charge in [-0.1, -0.05) is 23.3 Å². The molecule has 1 heteroatoms. The summed E-state index contributed by atoms with van der Waals surface area (Å²) >= 11 is 0. The minimum atomic E-state index is 0.227. The molecule has 2 saturated carbocycles. The van der Waals surface area contributed by atoms with Crippen molar-refractivity contribution in [3.8, 4) is 0 Å². The molecule has 14 heavy (non-hydrogen) atoms. The van der Waals surface area contributed by atoms with E-state index in [2.05, 4.69) is 19.1 Å². The Morgan fingerprint density at radius 3 is 2.79 bits per heavy atom. The molecule has 1 nitrogen and oxygen atoms in total. The number of hydrogen-bond donors (Lipinski definition) is 1. The highest BCUT2D eigenvalue weighted by Gasteiger charge is 2.40. The highest BCUT2D eigenvalue weighted by molar-refractivity contribution is 5.21. The van der Waals surface area contributed by atoms with Crippen molar-refractivity contribution < 1.29 is 5.11 Å². The Hall–Kier alpha value is -0.560. The lowest BCUT2D eigenvalue weighted by atomic mass is 9.85. The summed E-state index contributed by atoms with van der Waals surface area (Å²) < 4.78 is 0. The van der Waals surface area contributed by atoms with Crippen molar-refractivity contribution in [1.29, 1.82) is 0 Å². The molecule has 2 fully saturated rings. The van der Waals surface area contributed by atoms with E-state index in [0.29, 0.717) is 0 Å². The minimum Gasteiger partial charge on any atom is -0.392 e. The van der Waals surface area contributed by atoms with Gasteiger partial charge in [-0.2, -0.15) is 0 Å². The third-order valence-electron chi connectivity index (χ3n) is 3.89. The fraction of sp³-hybridized carbons (Fsp3) is 0.692. The first kappa shape index (κ1) is 9.97. The van der Waals surface area contributed by atoms with Crippen molar-refractivity contribution in [3.05, 3.63) is 23.3 Å². The van der Waals surface area contributed by atoms with Crippen LogP contribution >= 0.6 is 0 Å². The molecule has 0 heterocycles. The van der Waals surface area contributed by atoms with Crippen LogP contribution in [0.4, 0.5) is 0 Å². The Kier molecular flexibility index (Phi) is 2.78.